The van der Waals surface area contributed by atoms with E-state index in [-0.39, 0.29) is 36.2 Å². The minimum Gasteiger partial charge on any atom is -0.373 e. The third kappa shape index (κ3) is 7.79. The Labute approximate surface area is 201 Å². The summed E-state index contributed by atoms with van der Waals surface area (Å²) in [5.74, 6) is 0.821. The summed E-state index contributed by atoms with van der Waals surface area (Å²) >= 11 is 1.75. The molecule has 1 aromatic heterocycles. The fourth-order valence-corrected chi connectivity index (χ4v) is 4.53. The van der Waals surface area contributed by atoms with Crippen molar-refractivity contribution in [3.05, 3.63) is 51.5 Å². The SMILES string of the molecule is CN=C(NCCc1ncc(C)s1)NCc1ccccc1CN1CC(C)OC(C)C1.I. The maximum absolute atomic E-state index is 5.87. The lowest BCUT2D eigenvalue weighted by Gasteiger charge is -2.35. The van der Waals surface area contributed by atoms with Gasteiger partial charge in [0.15, 0.2) is 5.96 Å². The standard InChI is InChI=1S/C22H33N5OS.HI/c1-16-13-27(14-17(2)28-16)15-20-8-6-5-7-19(20)12-26-22(23-4)24-10-9-21-25-11-18(3)29-21;/h5-8,11,16-17H,9-10,12-15H2,1-4H3,(H2,23,24,26);1H. The Kier molecular flexibility index (Phi) is 10.5. The van der Waals surface area contributed by atoms with E-state index in [1.54, 1.807) is 11.3 Å². The number of nitrogens with one attached hydrogen (secondary N) is 2. The number of halogens is 1. The number of hydrogen-bond donors (Lipinski definition) is 2. The first-order chi connectivity index (χ1) is 14.0. The van der Waals surface area contributed by atoms with Crippen LogP contribution in [0.2, 0.25) is 0 Å². The van der Waals surface area contributed by atoms with Gasteiger partial charge in [-0.15, -0.1) is 35.3 Å². The van der Waals surface area contributed by atoms with Gasteiger partial charge in [0.25, 0.3) is 0 Å². The molecule has 1 aliphatic rings. The molecule has 8 heteroatoms. The highest BCUT2D eigenvalue weighted by molar-refractivity contribution is 14.0. The molecule has 0 spiro atoms. The van der Waals surface area contributed by atoms with E-state index >= 15 is 0 Å². The van der Waals surface area contributed by atoms with Gasteiger partial charge >= 0.3 is 0 Å². The van der Waals surface area contributed by atoms with Crippen molar-refractivity contribution in [2.75, 3.05) is 26.7 Å². The van der Waals surface area contributed by atoms with Crippen LogP contribution in [-0.4, -0.2) is 54.7 Å². The van der Waals surface area contributed by atoms with Crippen molar-refractivity contribution in [2.45, 2.75) is 52.5 Å². The summed E-state index contributed by atoms with van der Waals surface area (Å²) < 4.78 is 5.87. The van der Waals surface area contributed by atoms with Gasteiger partial charge in [-0.3, -0.25) is 9.89 Å². The van der Waals surface area contributed by atoms with Crippen LogP contribution in [0.3, 0.4) is 0 Å². The first-order valence-electron chi connectivity index (χ1n) is 10.3. The number of morpholine rings is 1. The number of nitrogens with zero attached hydrogens (tertiary/aromatic N) is 3. The number of thiazole rings is 1. The predicted octanol–water partition coefficient (Wildman–Crippen LogP) is 3.59. The second-order valence-corrected chi connectivity index (χ2v) is 9.01. The van der Waals surface area contributed by atoms with Gasteiger partial charge in [0, 0.05) is 57.3 Å². The van der Waals surface area contributed by atoms with Crippen molar-refractivity contribution >= 4 is 41.3 Å². The first-order valence-corrected chi connectivity index (χ1v) is 11.2. The highest BCUT2D eigenvalue weighted by Gasteiger charge is 2.22. The smallest absolute Gasteiger partial charge is 0.191 e. The van der Waals surface area contributed by atoms with Crippen LogP contribution in [-0.2, 0) is 24.2 Å². The van der Waals surface area contributed by atoms with Gasteiger partial charge in [0.2, 0.25) is 0 Å². The van der Waals surface area contributed by atoms with Gasteiger partial charge in [-0.1, -0.05) is 24.3 Å². The maximum Gasteiger partial charge on any atom is 0.191 e. The van der Waals surface area contributed by atoms with Gasteiger partial charge in [0.1, 0.15) is 0 Å². The van der Waals surface area contributed by atoms with Crippen LogP contribution in [0.4, 0.5) is 0 Å². The van der Waals surface area contributed by atoms with Crippen molar-refractivity contribution < 1.29 is 4.74 Å². The van der Waals surface area contributed by atoms with Gasteiger partial charge in [-0.2, -0.15) is 0 Å². The molecule has 1 saturated heterocycles. The van der Waals surface area contributed by atoms with Gasteiger partial charge < -0.3 is 15.4 Å². The van der Waals surface area contributed by atoms with E-state index in [9.17, 15) is 0 Å². The van der Waals surface area contributed by atoms with Crippen LogP contribution in [0, 0.1) is 6.92 Å². The molecule has 0 amide bonds. The molecule has 0 saturated carbocycles. The van der Waals surface area contributed by atoms with Crippen molar-refractivity contribution in [3.8, 4) is 0 Å². The normalized spacial score (nSPS) is 19.9. The minimum absolute atomic E-state index is 0. The number of aryl methyl sites for hydroxylation is 1. The fourth-order valence-electron chi connectivity index (χ4n) is 3.74. The molecule has 0 aliphatic carbocycles. The van der Waals surface area contributed by atoms with Crippen LogP contribution in [0.1, 0.15) is 34.9 Å². The molecule has 1 fully saturated rings. The molecule has 0 radical (unpaired) electrons. The topological polar surface area (TPSA) is 61.8 Å². The van der Waals surface area contributed by atoms with Crippen LogP contribution in [0.25, 0.3) is 0 Å². The summed E-state index contributed by atoms with van der Waals surface area (Å²) in [5, 5.41) is 8.00. The quantitative estimate of drug-likeness (QED) is 0.318. The molecule has 2 atom stereocenters. The number of aromatic nitrogens is 1. The Hall–Kier alpha value is -1.23. The van der Waals surface area contributed by atoms with Crippen LogP contribution >= 0.6 is 35.3 Å². The third-order valence-electron chi connectivity index (χ3n) is 4.98. The average Bonchev–Trinajstić information content (AvgIpc) is 3.10. The Morgan fingerprint density at radius 3 is 2.53 bits per heavy atom. The van der Waals surface area contributed by atoms with Crippen molar-refractivity contribution in [2.24, 2.45) is 4.99 Å². The predicted molar refractivity (Wildman–Crippen MR) is 136 cm³/mol. The lowest BCUT2D eigenvalue weighted by Crippen LogP contribution is -2.45. The summed E-state index contributed by atoms with van der Waals surface area (Å²) in [6.45, 7) is 10.9. The molecule has 2 unspecified atom stereocenters. The lowest BCUT2D eigenvalue weighted by atomic mass is 10.1. The second kappa shape index (κ2) is 12.6. The van der Waals surface area contributed by atoms with Crippen molar-refractivity contribution in [1.29, 1.82) is 0 Å². The number of benzene rings is 1. The molecule has 0 bridgehead atoms. The first kappa shape index (κ1) is 25.0. The van der Waals surface area contributed by atoms with E-state index in [4.69, 9.17) is 4.74 Å². The number of hydrogen-bond acceptors (Lipinski definition) is 5. The van der Waals surface area contributed by atoms with E-state index in [0.29, 0.717) is 0 Å². The Bertz CT molecular complexity index is 802. The van der Waals surface area contributed by atoms with Crippen molar-refractivity contribution in [3.63, 3.8) is 0 Å². The molecular formula is C22H34IN5OS. The Morgan fingerprint density at radius 1 is 1.20 bits per heavy atom. The molecular weight excluding hydrogens is 509 g/mol. The molecule has 1 aromatic carbocycles. The summed E-state index contributed by atoms with van der Waals surface area (Å²) in [4.78, 5) is 12.5. The highest BCUT2D eigenvalue weighted by Crippen LogP contribution is 2.17. The molecule has 2 aromatic rings. The summed E-state index contributed by atoms with van der Waals surface area (Å²) in [7, 11) is 1.81. The van der Waals surface area contributed by atoms with E-state index in [1.807, 2.05) is 13.2 Å². The molecule has 30 heavy (non-hydrogen) atoms. The molecule has 3 rings (SSSR count). The fraction of sp³-hybridized carbons (Fsp3) is 0.545. The lowest BCUT2D eigenvalue weighted by molar-refractivity contribution is -0.0705. The van der Waals surface area contributed by atoms with Crippen LogP contribution in [0.15, 0.2) is 35.5 Å². The van der Waals surface area contributed by atoms with E-state index in [1.165, 1.54) is 16.0 Å². The average molecular weight is 544 g/mol. The molecule has 166 valence electrons. The Morgan fingerprint density at radius 2 is 1.90 bits per heavy atom. The maximum atomic E-state index is 5.87. The molecule has 2 heterocycles. The summed E-state index contributed by atoms with van der Waals surface area (Å²) in [6.07, 6.45) is 3.41. The van der Waals surface area contributed by atoms with E-state index in [2.05, 4.69) is 70.5 Å². The molecule has 2 N–H and O–H groups in total. The zero-order valence-electron chi connectivity index (χ0n) is 18.4. The Balaban J connectivity index is 0.00000320. The number of guanidine groups is 1. The zero-order valence-corrected chi connectivity index (χ0v) is 21.5. The second-order valence-electron chi connectivity index (χ2n) is 7.69. The van der Waals surface area contributed by atoms with Crippen LogP contribution in [0.5, 0.6) is 0 Å². The number of ether oxygens (including phenoxy) is 1. The monoisotopic (exact) mass is 543 g/mol. The van der Waals surface area contributed by atoms with E-state index in [0.717, 1.165) is 50.1 Å². The largest absolute Gasteiger partial charge is 0.373 e. The van der Waals surface area contributed by atoms with Gasteiger partial charge in [-0.05, 0) is 31.9 Å². The minimum atomic E-state index is 0. The molecule has 6 nitrogen and oxygen atoms in total. The van der Waals surface area contributed by atoms with Crippen molar-refractivity contribution in [1.82, 2.24) is 20.5 Å². The van der Waals surface area contributed by atoms with E-state index < -0.39 is 0 Å². The van der Waals surface area contributed by atoms with Crippen LogP contribution < -0.4 is 10.6 Å². The van der Waals surface area contributed by atoms with Gasteiger partial charge in [-0.25, -0.2) is 4.98 Å². The third-order valence-corrected chi connectivity index (χ3v) is 5.95. The zero-order chi connectivity index (χ0) is 20.6. The molecule has 1 aliphatic heterocycles. The van der Waals surface area contributed by atoms with Gasteiger partial charge in [0.05, 0.1) is 17.2 Å². The summed E-state index contributed by atoms with van der Waals surface area (Å²) in [5.41, 5.74) is 2.66. The summed E-state index contributed by atoms with van der Waals surface area (Å²) in [6, 6.07) is 8.64. The highest BCUT2D eigenvalue weighted by atomic mass is 127. The number of aliphatic imine (C=N–C) groups is 1. The number of rotatable bonds is 7.